The molecule has 0 saturated carbocycles. The molecule has 0 atom stereocenters. The van der Waals surface area contributed by atoms with E-state index in [4.69, 9.17) is 10.5 Å². The number of nitrogens with one attached hydrogen (secondary N) is 1. The molecule has 3 N–H and O–H groups in total. The van der Waals surface area contributed by atoms with E-state index in [1.807, 2.05) is 72.8 Å². The summed E-state index contributed by atoms with van der Waals surface area (Å²) in [5, 5.41) is 13.1. The summed E-state index contributed by atoms with van der Waals surface area (Å²) in [5.74, 6) is 2.27. The van der Waals surface area contributed by atoms with Gasteiger partial charge < -0.3 is 15.8 Å². The van der Waals surface area contributed by atoms with Crippen LogP contribution in [0.5, 0.6) is 5.75 Å². The number of para-hydroxylation sites is 1. The van der Waals surface area contributed by atoms with Gasteiger partial charge in [0.1, 0.15) is 5.75 Å². The molecule has 1 heterocycles. The molecule has 162 valence electrons. The minimum Gasteiger partial charge on any atom is -0.497 e. The molecule has 0 aliphatic carbocycles. The highest BCUT2D eigenvalue weighted by Crippen LogP contribution is 2.30. The van der Waals surface area contributed by atoms with Crippen LogP contribution in [0.3, 0.4) is 0 Å². The zero-order valence-corrected chi connectivity index (χ0v) is 18.7. The fourth-order valence-electron chi connectivity index (χ4n) is 3.37. The number of methoxy groups -OCH3 is 1. The number of nitrogens with two attached hydrogens (primary N) is 1. The summed E-state index contributed by atoms with van der Waals surface area (Å²) in [4.78, 5) is 0. The molecule has 0 amide bonds. The van der Waals surface area contributed by atoms with Crippen molar-refractivity contribution in [3.05, 3.63) is 91.0 Å². The maximum atomic E-state index is 6.16. The minimum absolute atomic E-state index is 0.611. The molecular weight excluding hydrogens is 418 g/mol. The third-order valence-electron chi connectivity index (χ3n) is 4.80. The van der Waals surface area contributed by atoms with Crippen LogP contribution < -0.4 is 15.8 Å². The van der Waals surface area contributed by atoms with Crippen molar-refractivity contribution in [2.24, 2.45) is 0 Å². The van der Waals surface area contributed by atoms with Crippen LogP contribution in [0.1, 0.15) is 5.56 Å². The zero-order chi connectivity index (χ0) is 22.3. The number of aromatic nitrogens is 3. The average molecular weight is 444 g/mol. The SMILES string of the molecule is C=CCn1c(SCc2cc(N)cc(Nc3ccccc3)c2)nnc1-c1cccc(OC)c1. The topological polar surface area (TPSA) is 78.0 Å². The highest BCUT2D eigenvalue weighted by atomic mass is 32.2. The summed E-state index contributed by atoms with van der Waals surface area (Å²) >= 11 is 1.62. The van der Waals surface area contributed by atoms with Crippen molar-refractivity contribution >= 4 is 28.8 Å². The summed E-state index contributed by atoms with van der Waals surface area (Å²) in [6.07, 6.45) is 1.85. The van der Waals surface area contributed by atoms with E-state index in [0.29, 0.717) is 18.0 Å². The summed E-state index contributed by atoms with van der Waals surface area (Å²) in [7, 11) is 1.65. The first-order valence-electron chi connectivity index (χ1n) is 10.2. The summed E-state index contributed by atoms with van der Waals surface area (Å²) in [6, 6.07) is 23.9. The Balaban J connectivity index is 1.55. The normalized spacial score (nSPS) is 10.7. The predicted molar refractivity (Wildman–Crippen MR) is 132 cm³/mol. The van der Waals surface area contributed by atoms with Crippen LogP contribution in [-0.4, -0.2) is 21.9 Å². The number of anilines is 3. The van der Waals surface area contributed by atoms with Crippen LogP contribution in [0.25, 0.3) is 11.4 Å². The first-order valence-corrected chi connectivity index (χ1v) is 11.2. The summed E-state index contributed by atoms with van der Waals surface area (Å²) in [5.41, 5.74) is 10.9. The van der Waals surface area contributed by atoms with Gasteiger partial charge in [-0.05, 0) is 48.0 Å². The Morgan fingerprint density at radius 3 is 2.66 bits per heavy atom. The van der Waals surface area contributed by atoms with E-state index in [9.17, 15) is 0 Å². The van der Waals surface area contributed by atoms with Crippen LogP contribution in [0.15, 0.2) is 90.6 Å². The molecule has 0 bridgehead atoms. The number of hydrogen-bond acceptors (Lipinski definition) is 6. The van der Waals surface area contributed by atoms with Crippen LogP contribution in [-0.2, 0) is 12.3 Å². The molecule has 0 aliphatic heterocycles. The van der Waals surface area contributed by atoms with Gasteiger partial charge >= 0.3 is 0 Å². The first kappa shape index (κ1) is 21.5. The number of nitrogen functional groups attached to an aromatic ring is 1. The molecule has 6 nitrogen and oxygen atoms in total. The fraction of sp³-hybridized carbons (Fsp3) is 0.120. The van der Waals surface area contributed by atoms with Crippen molar-refractivity contribution in [2.75, 3.05) is 18.2 Å². The Morgan fingerprint density at radius 2 is 1.88 bits per heavy atom. The maximum absolute atomic E-state index is 6.16. The van der Waals surface area contributed by atoms with E-state index < -0.39 is 0 Å². The molecule has 3 aromatic carbocycles. The standard InChI is InChI=1S/C25H25N5OS/c1-3-12-30-24(19-8-7-11-23(15-19)31-2)28-29-25(30)32-17-18-13-20(26)16-22(14-18)27-21-9-5-4-6-10-21/h3-11,13-16,27H,1,12,17,26H2,2H3. The van der Waals surface area contributed by atoms with Gasteiger partial charge in [-0.15, -0.1) is 16.8 Å². The molecule has 7 heteroatoms. The van der Waals surface area contributed by atoms with Crippen molar-refractivity contribution in [2.45, 2.75) is 17.5 Å². The van der Waals surface area contributed by atoms with Gasteiger partial charge in [-0.2, -0.15) is 0 Å². The van der Waals surface area contributed by atoms with Gasteiger partial charge in [0.05, 0.1) is 7.11 Å². The quantitative estimate of drug-likeness (QED) is 0.195. The Hall–Kier alpha value is -3.71. The van der Waals surface area contributed by atoms with Crippen molar-refractivity contribution in [3.63, 3.8) is 0 Å². The Labute approximate surface area is 192 Å². The molecule has 32 heavy (non-hydrogen) atoms. The molecule has 0 aliphatic rings. The van der Waals surface area contributed by atoms with Gasteiger partial charge in [0, 0.05) is 34.9 Å². The first-order chi connectivity index (χ1) is 15.7. The zero-order valence-electron chi connectivity index (χ0n) is 17.9. The van der Waals surface area contributed by atoms with Gasteiger partial charge in [-0.25, -0.2) is 0 Å². The number of hydrogen-bond donors (Lipinski definition) is 2. The van der Waals surface area contributed by atoms with Gasteiger partial charge in [0.15, 0.2) is 11.0 Å². The lowest BCUT2D eigenvalue weighted by Gasteiger charge is -2.11. The van der Waals surface area contributed by atoms with E-state index in [1.165, 1.54) is 0 Å². The van der Waals surface area contributed by atoms with Gasteiger partial charge in [0.25, 0.3) is 0 Å². The van der Waals surface area contributed by atoms with Crippen LogP contribution in [0.2, 0.25) is 0 Å². The third-order valence-corrected chi connectivity index (χ3v) is 5.84. The Bertz CT molecular complexity index is 1210. The molecule has 0 saturated heterocycles. The fourth-order valence-corrected chi connectivity index (χ4v) is 4.25. The minimum atomic E-state index is 0.611. The second-order valence-corrected chi connectivity index (χ2v) is 8.12. The van der Waals surface area contributed by atoms with E-state index in [1.54, 1.807) is 18.9 Å². The van der Waals surface area contributed by atoms with Crippen molar-refractivity contribution < 1.29 is 4.74 Å². The average Bonchev–Trinajstić information content (AvgIpc) is 3.21. The number of ether oxygens (including phenoxy) is 1. The molecule has 0 radical (unpaired) electrons. The van der Waals surface area contributed by atoms with Gasteiger partial charge in [0.2, 0.25) is 0 Å². The predicted octanol–water partition coefficient (Wildman–Crippen LogP) is 5.76. The van der Waals surface area contributed by atoms with Crippen molar-refractivity contribution in [1.82, 2.24) is 14.8 Å². The van der Waals surface area contributed by atoms with E-state index in [2.05, 4.69) is 32.7 Å². The van der Waals surface area contributed by atoms with Crippen LogP contribution >= 0.6 is 11.8 Å². The van der Waals surface area contributed by atoms with Crippen LogP contribution in [0.4, 0.5) is 17.1 Å². The number of nitrogens with zero attached hydrogens (tertiary/aromatic N) is 3. The highest BCUT2D eigenvalue weighted by Gasteiger charge is 2.14. The molecule has 0 fully saturated rings. The lowest BCUT2D eigenvalue weighted by molar-refractivity contribution is 0.415. The summed E-state index contributed by atoms with van der Waals surface area (Å²) in [6.45, 7) is 4.50. The molecule has 4 rings (SSSR count). The Kier molecular flexibility index (Phi) is 6.77. The van der Waals surface area contributed by atoms with E-state index in [0.717, 1.165) is 39.2 Å². The molecule has 0 unspecified atom stereocenters. The smallest absolute Gasteiger partial charge is 0.192 e. The highest BCUT2D eigenvalue weighted by molar-refractivity contribution is 7.98. The van der Waals surface area contributed by atoms with E-state index >= 15 is 0 Å². The van der Waals surface area contributed by atoms with E-state index in [-0.39, 0.29) is 0 Å². The van der Waals surface area contributed by atoms with Crippen LogP contribution in [0, 0.1) is 0 Å². The Morgan fingerprint density at radius 1 is 1.03 bits per heavy atom. The van der Waals surface area contributed by atoms with Crippen molar-refractivity contribution in [1.29, 1.82) is 0 Å². The van der Waals surface area contributed by atoms with Crippen molar-refractivity contribution in [3.8, 4) is 17.1 Å². The molecule has 1 aromatic heterocycles. The molecular formula is C25H25N5OS. The van der Waals surface area contributed by atoms with Gasteiger partial charge in [-0.3, -0.25) is 4.57 Å². The lowest BCUT2D eigenvalue weighted by Crippen LogP contribution is -2.01. The monoisotopic (exact) mass is 443 g/mol. The largest absolute Gasteiger partial charge is 0.497 e. The molecule has 0 spiro atoms. The number of thioether (sulfide) groups is 1. The third kappa shape index (κ3) is 5.12. The number of allylic oxidation sites excluding steroid dienone is 1. The number of rotatable bonds is 9. The second kappa shape index (κ2) is 10.1. The maximum Gasteiger partial charge on any atom is 0.192 e. The molecule has 4 aromatic rings. The van der Waals surface area contributed by atoms with Gasteiger partial charge in [-0.1, -0.05) is 48.2 Å². The lowest BCUT2D eigenvalue weighted by atomic mass is 10.2. The second-order valence-electron chi connectivity index (χ2n) is 7.18. The number of benzene rings is 3. The summed E-state index contributed by atoms with van der Waals surface area (Å²) < 4.78 is 7.41.